The fraction of sp³-hybridized carbons (Fsp3) is 0.474. The number of piperazine rings is 1. The van der Waals surface area contributed by atoms with Crippen LogP contribution in [0.3, 0.4) is 0 Å². The number of benzene rings is 1. The van der Waals surface area contributed by atoms with Crippen LogP contribution in [-0.2, 0) is 17.5 Å². The van der Waals surface area contributed by atoms with Gasteiger partial charge in [0.2, 0.25) is 5.91 Å². The Balaban J connectivity index is 1.67. The highest BCUT2D eigenvalue weighted by molar-refractivity contribution is 9.10. The number of hydrogen-bond acceptors (Lipinski definition) is 4. The standard InChI is InChI=1S/C19H21BrClF3N4O2/c1-11-17(20)18(19(22,23)24)28(25-11)10-16(30)27-7-5-26(6-8-27)13-3-4-15(21)14(9-13)12(2)29/h3-4,9,12,29H,5-8,10H2,1-2H3. The number of aromatic nitrogens is 2. The van der Waals surface area contributed by atoms with E-state index >= 15 is 0 Å². The van der Waals surface area contributed by atoms with Gasteiger partial charge in [0.25, 0.3) is 0 Å². The van der Waals surface area contributed by atoms with Crippen molar-refractivity contribution in [3.05, 3.63) is 44.6 Å². The number of anilines is 1. The minimum Gasteiger partial charge on any atom is -0.389 e. The molecule has 1 aromatic heterocycles. The Morgan fingerprint density at radius 3 is 2.50 bits per heavy atom. The SMILES string of the molecule is Cc1nn(CC(=O)N2CCN(c3ccc(Cl)c(C(C)O)c3)CC2)c(C(F)(F)F)c1Br. The van der Waals surface area contributed by atoms with E-state index in [0.29, 0.717) is 41.4 Å². The third-order valence-corrected chi connectivity index (χ3v) is 6.33. The van der Waals surface area contributed by atoms with Crippen LogP contribution in [0.1, 0.15) is 30.0 Å². The van der Waals surface area contributed by atoms with Gasteiger partial charge in [-0.25, -0.2) is 4.68 Å². The summed E-state index contributed by atoms with van der Waals surface area (Å²) in [5.41, 5.74) is 0.704. The summed E-state index contributed by atoms with van der Waals surface area (Å²) in [6, 6.07) is 5.36. The van der Waals surface area contributed by atoms with Crippen molar-refractivity contribution in [2.45, 2.75) is 32.7 Å². The van der Waals surface area contributed by atoms with E-state index in [-0.39, 0.29) is 10.2 Å². The predicted molar refractivity (Wildman–Crippen MR) is 111 cm³/mol. The quantitative estimate of drug-likeness (QED) is 0.676. The van der Waals surface area contributed by atoms with E-state index in [1.54, 1.807) is 13.0 Å². The first-order valence-electron chi connectivity index (χ1n) is 9.29. The Kier molecular flexibility index (Phi) is 6.69. The lowest BCUT2D eigenvalue weighted by Gasteiger charge is -2.36. The zero-order valence-corrected chi connectivity index (χ0v) is 18.7. The van der Waals surface area contributed by atoms with Crippen molar-refractivity contribution in [3.63, 3.8) is 0 Å². The molecule has 1 atom stereocenters. The summed E-state index contributed by atoms with van der Waals surface area (Å²) in [6.45, 7) is 4.37. The Hall–Kier alpha value is -1.78. The van der Waals surface area contributed by atoms with Gasteiger partial charge in [-0.1, -0.05) is 11.6 Å². The molecule has 3 rings (SSSR count). The molecule has 0 radical (unpaired) electrons. The van der Waals surface area contributed by atoms with Crippen molar-refractivity contribution in [2.75, 3.05) is 31.1 Å². The number of aliphatic hydroxyl groups is 1. The number of halogens is 5. The molecular weight excluding hydrogens is 489 g/mol. The normalized spacial score (nSPS) is 16.1. The number of alkyl halides is 3. The second-order valence-corrected chi connectivity index (χ2v) is 8.35. The third kappa shape index (κ3) is 4.76. The Labute approximate surface area is 185 Å². The molecule has 1 aromatic carbocycles. The number of aliphatic hydroxyl groups excluding tert-OH is 1. The van der Waals surface area contributed by atoms with E-state index in [4.69, 9.17) is 11.6 Å². The molecule has 0 saturated carbocycles. The van der Waals surface area contributed by atoms with E-state index in [2.05, 4.69) is 21.0 Å². The van der Waals surface area contributed by atoms with Crippen molar-refractivity contribution in [2.24, 2.45) is 0 Å². The maximum absolute atomic E-state index is 13.3. The van der Waals surface area contributed by atoms with Crippen LogP contribution in [0.5, 0.6) is 0 Å². The van der Waals surface area contributed by atoms with E-state index < -0.39 is 30.4 Å². The Morgan fingerprint density at radius 1 is 1.30 bits per heavy atom. The molecule has 1 saturated heterocycles. The van der Waals surface area contributed by atoms with Gasteiger partial charge in [0.05, 0.1) is 16.3 Å². The molecule has 0 aliphatic carbocycles. The van der Waals surface area contributed by atoms with Crippen molar-refractivity contribution in [1.29, 1.82) is 0 Å². The summed E-state index contributed by atoms with van der Waals surface area (Å²) in [6.07, 6.45) is -5.32. The average Bonchev–Trinajstić information content (AvgIpc) is 2.95. The summed E-state index contributed by atoms with van der Waals surface area (Å²) < 4.78 is 40.5. The molecule has 164 valence electrons. The van der Waals surface area contributed by atoms with Crippen LogP contribution < -0.4 is 4.90 Å². The maximum Gasteiger partial charge on any atom is 0.434 e. The first-order chi connectivity index (χ1) is 14.0. The van der Waals surface area contributed by atoms with Gasteiger partial charge in [0.15, 0.2) is 5.69 Å². The zero-order valence-electron chi connectivity index (χ0n) is 16.4. The number of carbonyl (C=O) groups excluding carboxylic acids is 1. The smallest absolute Gasteiger partial charge is 0.389 e. The third-order valence-electron chi connectivity index (χ3n) is 5.04. The van der Waals surface area contributed by atoms with Crippen LogP contribution in [-0.4, -0.2) is 51.9 Å². The maximum atomic E-state index is 13.3. The second-order valence-electron chi connectivity index (χ2n) is 7.15. The van der Waals surface area contributed by atoms with Crippen LogP contribution >= 0.6 is 27.5 Å². The molecule has 11 heteroatoms. The minimum atomic E-state index is -4.62. The topological polar surface area (TPSA) is 61.6 Å². The lowest BCUT2D eigenvalue weighted by Crippen LogP contribution is -2.49. The van der Waals surface area contributed by atoms with Crippen LogP contribution in [0.15, 0.2) is 22.7 Å². The van der Waals surface area contributed by atoms with Gasteiger partial charge in [-0.2, -0.15) is 18.3 Å². The van der Waals surface area contributed by atoms with Crippen molar-refractivity contribution in [1.82, 2.24) is 14.7 Å². The van der Waals surface area contributed by atoms with Gasteiger partial charge >= 0.3 is 6.18 Å². The molecule has 1 aliphatic heterocycles. The zero-order chi connectivity index (χ0) is 22.2. The Bertz CT molecular complexity index is 941. The summed E-state index contributed by atoms with van der Waals surface area (Å²) >= 11 is 9.02. The van der Waals surface area contributed by atoms with E-state index in [1.807, 2.05) is 17.0 Å². The second kappa shape index (κ2) is 8.76. The minimum absolute atomic E-state index is 0.149. The molecule has 2 aromatic rings. The fourth-order valence-electron chi connectivity index (χ4n) is 3.43. The lowest BCUT2D eigenvalue weighted by molar-refractivity contribution is -0.146. The predicted octanol–water partition coefficient (Wildman–Crippen LogP) is 4.03. The number of amides is 1. The van der Waals surface area contributed by atoms with Crippen LogP contribution in [0.25, 0.3) is 0 Å². The van der Waals surface area contributed by atoms with Crippen LogP contribution in [0.2, 0.25) is 5.02 Å². The molecule has 1 unspecified atom stereocenters. The molecule has 1 fully saturated rings. The first-order valence-corrected chi connectivity index (χ1v) is 10.5. The number of carbonyl (C=O) groups is 1. The van der Waals surface area contributed by atoms with Gasteiger partial charge in [-0.05, 0) is 48.0 Å². The first kappa shape index (κ1) is 22.9. The Morgan fingerprint density at radius 2 is 1.93 bits per heavy atom. The molecule has 1 N–H and O–H groups in total. The molecule has 2 heterocycles. The summed E-state index contributed by atoms with van der Waals surface area (Å²) in [7, 11) is 0. The molecule has 30 heavy (non-hydrogen) atoms. The summed E-state index contributed by atoms with van der Waals surface area (Å²) in [4.78, 5) is 16.2. The van der Waals surface area contributed by atoms with Crippen molar-refractivity contribution >= 4 is 39.1 Å². The number of nitrogens with zero attached hydrogens (tertiary/aromatic N) is 4. The van der Waals surface area contributed by atoms with Crippen molar-refractivity contribution in [3.8, 4) is 0 Å². The van der Waals surface area contributed by atoms with E-state index in [1.165, 1.54) is 11.8 Å². The van der Waals surface area contributed by atoms with Crippen LogP contribution in [0, 0.1) is 6.92 Å². The van der Waals surface area contributed by atoms with Crippen molar-refractivity contribution < 1.29 is 23.1 Å². The molecule has 1 aliphatic rings. The number of aryl methyl sites for hydroxylation is 1. The molecular formula is C19H21BrClF3N4O2. The van der Waals surface area contributed by atoms with Gasteiger partial charge < -0.3 is 14.9 Å². The summed E-state index contributed by atoms with van der Waals surface area (Å²) in [5, 5.41) is 14.2. The monoisotopic (exact) mass is 508 g/mol. The number of hydrogen-bond donors (Lipinski definition) is 1. The summed E-state index contributed by atoms with van der Waals surface area (Å²) in [5.74, 6) is -0.420. The highest BCUT2D eigenvalue weighted by atomic mass is 79.9. The average molecular weight is 510 g/mol. The van der Waals surface area contributed by atoms with Crippen LogP contribution in [0.4, 0.5) is 18.9 Å². The molecule has 1 amide bonds. The lowest BCUT2D eigenvalue weighted by atomic mass is 10.1. The van der Waals surface area contributed by atoms with Gasteiger partial charge in [-0.15, -0.1) is 0 Å². The highest BCUT2D eigenvalue weighted by Gasteiger charge is 2.39. The fourth-order valence-corrected chi connectivity index (χ4v) is 4.22. The molecule has 0 bridgehead atoms. The van der Waals surface area contributed by atoms with E-state index in [9.17, 15) is 23.1 Å². The molecule has 0 spiro atoms. The van der Waals surface area contributed by atoms with Gasteiger partial charge in [0, 0.05) is 42.5 Å². The van der Waals surface area contributed by atoms with Gasteiger partial charge in [0.1, 0.15) is 6.54 Å². The van der Waals surface area contributed by atoms with Gasteiger partial charge in [-0.3, -0.25) is 4.79 Å². The largest absolute Gasteiger partial charge is 0.434 e. The van der Waals surface area contributed by atoms with E-state index in [0.717, 1.165) is 5.69 Å². The number of rotatable bonds is 4. The highest BCUT2D eigenvalue weighted by Crippen LogP contribution is 2.36. The molecule has 6 nitrogen and oxygen atoms in total.